The highest BCUT2D eigenvalue weighted by atomic mass is 32.1. The molecule has 1 N–H and O–H groups in total. The molecular weight excluding hydrogens is 374 g/mol. The van der Waals surface area contributed by atoms with Crippen molar-refractivity contribution in [1.29, 1.82) is 0 Å². The lowest BCUT2D eigenvalue weighted by Crippen LogP contribution is -2.35. The van der Waals surface area contributed by atoms with Crippen molar-refractivity contribution in [3.05, 3.63) is 70.6 Å². The van der Waals surface area contributed by atoms with Gasteiger partial charge in [0.2, 0.25) is 0 Å². The standard InChI is InChI=1S/C21H17N3O3S/c1-12(2)24-19(26)15-9-8-14(10-16(15)20(24)27)18(25)23-21-22-17(11-28-21)13-6-4-3-5-7-13/h3-12H,1-2H3,(H,22,23,25). The van der Waals surface area contributed by atoms with Gasteiger partial charge in [-0.15, -0.1) is 11.3 Å². The number of hydrogen-bond acceptors (Lipinski definition) is 5. The van der Waals surface area contributed by atoms with Crippen LogP contribution in [-0.4, -0.2) is 33.6 Å². The Balaban J connectivity index is 1.55. The Morgan fingerprint density at radius 1 is 1.04 bits per heavy atom. The average Bonchev–Trinajstić information content (AvgIpc) is 3.25. The van der Waals surface area contributed by atoms with Gasteiger partial charge in [-0.25, -0.2) is 4.98 Å². The molecule has 0 saturated carbocycles. The highest BCUT2D eigenvalue weighted by Crippen LogP contribution is 2.27. The van der Waals surface area contributed by atoms with Crippen LogP contribution in [0, 0.1) is 0 Å². The van der Waals surface area contributed by atoms with Crippen LogP contribution in [0.15, 0.2) is 53.9 Å². The summed E-state index contributed by atoms with van der Waals surface area (Å²) in [5.41, 5.74) is 2.64. The molecule has 3 aromatic rings. The number of benzene rings is 2. The molecule has 4 rings (SSSR count). The van der Waals surface area contributed by atoms with E-state index < -0.39 is 0 Å². The number of anilines is 1. The van der Waals surface area contributed by atoms with E-state index in [1.807, 2.05) is 35.7 Å². The number of nitrogens with one attached hydrogen (secondary N) is 1. The van der Waals surface area contributed by atoms with E-state index in [0.29, 0.717) is 16.3 Å². The van der Waals surface area contributed by atoms with E-state index >= 15 is 0 Å². The molecule has 0 fully saturated rings. The molecule has 140 valence electrons. The maximum absolute atomic E-state index is 12.6. The Kier molecular flexibility index (Phi) is 4.52. The fraction of sp³-hybridized carbons (Fsp3) is 0.143. The molecule has 1 aliphatic rings. The number of hydrogen-bond donors (Lipinski definition) is 1. The van der Waals surface area contributed by atoms with Crippen LogP contribution in [0.2, 0.25) is 0 Å². The highest BCUT2D eigenvalue weighted by Gasteiger charge is 2.37. The third-order valence-corrected chi connectivity index (χ3v) is 5.25. The molecule has 0 radical (unpaired) electrons. The number of rotatable bonds is 4. The minimum absolute atomic E-state index is 0.239. The molecule has 0 bridgehead atoms. The maximum atomic E-state index is 12.6. The summed E-state index contributed by atoms with van der Waals surface area (Å²) < 4.78 is 0. The number of amides is 3. The van der Waals surface area contributed by atoms with Gasteiger partial charge in [-0.2, -0.15) is 0 Å². The van der Waals surface area contributed by atoms with Gasteiger partial charge in [-0.3, -0.25) is 24.6 Å². The first-order valence-electron chi connectivity index (χ1n) is 8.80. The second-order valence-corrected chi connectivity index (χ2v) is 7.55. The smallest absolute Gasteiger partial charge is 0.261 e. The molecule has 0 saturated heterocycles. The lowest BCUT2D eigenvalue weighted by atomic mass is 10.1. The van der Waals surface area contributed by atoms with E-state index in [1.165, 1.54) is 28.4 Å². The quantitative estimate of drug-likeness (QED) is 0.680. The van der Waals surface area contributed by atoms with Crippen molar-refractivity contribution in [2.24, 2.45) is 0 Å². The number of carbonyl (C=O) groups excluding carboxylic acids is 3. The normalized spacial score (nSPS) is 13.2. The first kappa shape index (κ1) is 18.1. The summed E-state index contributed by atoms with van der Waals surface area (Å²) in [6.45, 7) is 3.56. The van der Waals surface area contributed by atoms with Gasteiger partial charge in [0.05, 0.1) is 16.8 Å². The van der Waals surface area contributed by atoms with Gasteiger partial charge >= 0.3 is 0 Å². The molecular formula is C21H17N3O3S. The second kappa shape index (κ2) is 7.01. The molecule has 2 heterocycles. The number of thiazole rings is 1. The molecule has 2 aromatic carbocycles. The van der Waals surface area contributed by atoms with E-state index in [-0.39, 0.29) is 29.3 Å². The van der Waals surface area contributed by atoms with E-state index in [4.69, 9.17) is 0 Å². The summed E-state index contributed by atoms with van der Waals surface area (Å²) in [6, 6.07) is 14.0. The number of nitrogens with zero attached hydrogens (tertiary/aromatic N) is 2. The summed E-state index contributed by atoms with van der Waals surface area (Å²) >= 11 is 1.33. The van der Waals surface area contributed by atoms with Crippen LogP contribution >= 0.6 is 11.3 Å². The third kappa shape index (κ3) is 3.10. The molecule has 1 aliphatic heterocycles. The maximum Gasteiger partial charge on any atom is 0.261 e. The molecule has 28 heavy (non-hydrogen) atoms. The number of carbonyl (C=O) groups is 3. The summed E-state index contributed by atoms with van der Waals surface area (Å²) in [6.07, 6.45) is 0. The van der Waals surface area contributed by atoms with Gasteiger partial charge in [-0.05, 0) is 32.0 Å². The SMILES string of the molecule is CC(C)N1C(=O)c2ccc(C(=O)Nc3nc(-c4ccccc4)cs3)cc2C1=O. The van der Waals surface area contributed by atoms with Crippen LogP contribution in [-0.2, 0) is 0 Å². The van der Waals surface area contributed by atoms with Gasteiger partial charge in [0.25, 0.3) is 17.7 Å². The lowest BCUT2D eigenvalue weighted by Gasteiger charge is -2.17. The Bertz CT molecular complexity index is 1090. The van der Waals surface area contributed by atoms with E-state index in [1.54, 1.807) is 19.9 Å². The minimum Gasteiger partial charge on any atom is -0.298 e. The van der Waals surface area contributed by atoms with E-state index in [9.17, 15) is 14.4 Å². The Morgan fingerprint density at radius 2 is 1.75 bits per heavy atom. The second-order valence-electron chi connectivity index (χ2n) is 6.69. The lowest BCUT2D eigenvalue weighted by molar-refractivity contribution is 0.0609. The third-order valence-electron chi connectivity index (χ3n) is 4.49. The highest BCUT2D eigenvalue weighted by molar-refractivity contribution is 7.14. The minimum atomic E-state index is -0.375. The van der Waals surface area contributed by atoms with Crippen molar-refractivity contribution in [1.82, 2.24) is 9.88 Å². The summed E-state index contributed by atoms with van der Waals surface area (Å²) in [5.74, 6) is -1.07. The Labute approximate surface area is 165 Å². The number of aromatic nitrogens is 1. The largest absolute Gasteiger partial charge is 0.298 e. The van der Waals surface area contributed by atoms with Crippen molar-refractivity contribution in [2.75, 3.05) is 5.32 Å². The Hall–Kier alpha value is -3.32. The van der Waals surface area contributed by atoms with Crippen molar-refractivity contribution in [2.45, 2.75) is 19.9 Å². The van der Waals surface area contributed by atoms with Gasteiger partial charge in [0.1, 0.15) is 0 Å². The van der Waals surface area contributed by atoms with Crippen molar-refractivity contribution < 1.29 is 14.4 Å². The number of fused-ring (bicyclic) bond motifs is 1. The molecule has 3 amide bonds. The van der Waals surface area contributed by atoms with Crippen molar-refractivity contribution in [3.8, 4) is 11.3 Å². The fourth-order valence-corrected chi connectivity index (χ4v) is 3.83. The summed E-state index contributed by atoms with van der Waals surface area (Å²) in [7, 11) is 0. The van der Waals surface area contributed by atoms with Gasteiger partial charge in [-0.1, -0.05) is 30.3 Å². The van der Waals surface area contributed by atoms with Gasteiger partial charge in [0.15, 0.2) is 5.13 Å². The molecule has 7 heteroatoms. The summed E-state index contributed by atoms with van der Waals surface area (Å²) in [5, 5.41) is 5.10. The molecule has 1 aromatic heterocycles. The van der Waals surface area contributed by atoms with Crippen molar-refractivity contribution >= 4 is 34.2 Å². The molecule has 0 aliphatic carbocycles. The molecule has 0 spiro atoms. The van der Waals surface area contributed by atoms with Crippen LogP contribution < -0.4 is 5.32 Å². The van der Waals surface area contributed by atoms with Crippen LogP contribution in [0.5, 0.6) is 0 Å². The predicted octanol–water partition coefficient (Wildman–Crippen LogP) is 4.07. The van der Waals surface area contributed by atoms with Gasteiger partial charge < -0.3 is 0 Å². The van der Waals surface area contributed by atoms with Crippen LogP contribution in [0.1, 0.15) is 44.9 Å². The first-order valence-corrected chi connectivity index (χ1v) is 9.68. The van der Waals surface area contributed by atoms with E-state index in [0.717, 1.165) is 11.3 Å². The van der Waals surface area contributed by atoms with Gasteiger partial charge in [0, 0.05) is 22.5 Å². The predicted molar refractivity (Wildman–Crippen MR) is 108 cm³/mol. The average molecular weight is 391 g/mol. The molecule has 6 nitrogen and oxygen atoms in total. The zero-order valence-corrected chi connectivity index (χ0v) is 16.1. The topological polar surface area (TPSA) is 79.4 Å². The molecule has 0 unspecified atom stereocenters. The van der Waals surface area contributed by atoms with E-state index in [2.05, 4.69) is 10.3 Å². The fourth-order valence-electron chi connectivity index (χ4n) is 3.11. The van der Waals surface area contributed by atoms with Crippen molar-refractivity contribution in [3.63, 3.8) is 0 Å². The number of imide groups is 1. The molecule has 0 atom stereocenters. The zero-order valence-electron chi connectivity index (χ0n) is 15.3. The zero-order chi connectivity index (χ0) is 19.8. The first-order chi connectivity index (χ1) is 13.5. The van der Waals surface area contributed by atoms with Crippen LogP contribution in [0.3, 0.4) is 0 Å². The van der Waals surface area contributed by atoms with Crippen LogP contribution in [0.4, 0.5) is 5.13 Å². The van der Waals surface area contributed by atoms with Crippen LogP contribution in [0.25, 0.3) is 11.3 Å². The monoisotopic (exact) mass is 391 g/mol. The Morgan fingerprint density at radius 3 is 2.46 bits per heavy atom. The summed E-state index contributed by atoms with van der Waals surface area (Å²) in [4.78, 5) is 43.1.